The van der Waals surface area contributed by atoms with Crippen LogP contribution in [0, 0.1) is 6.92 Å². The maximum atomic E-state index is 12.6. The standard InChI is InChI=1S/C21H26N2O2/c1-3-25-20-10-8-19(9-11-20)22-12-14-23(15-13-22)21(24)16-18-7-5-4-6-17(18)2/h4-11H,3,12-16H2,1-2H3. The van der Waals surface area contributed by atoms with Crippen LogP contribution in [0.3, 0.4) is 0 Å². The number of anilines is 1. The van der Waals surface area contributed by atoms with E-state index >= 15 is 0 Å². The van der Waals surface area contributed by atoms with Crippen LogP contribution in [0.2, 0.25) is 0 Å². The molecule has 1 saturated heterocycles. The summed E-state index contributed by atoms with van der Waals surface area (Å²) >= 11 is 0. The summed E-state index contributed by atoms with van der Waals surface area (Å²) in [7, 11) is 0. The Labute approximate surface area is 150 Å². The van der Waals surface area contributed by atoms with Crippen LogP contribution in [0.4, 0.5) is 5.69 Å². The van der Waals surface area contributed by atoms with Crippen molar-refractivity contribution in [1.29, 1.82) is 0 Å². The zero-order valence-corrected chi connectivity index (χ0v) is 15.1. The van der Waals surface area contributed by atoms with Gasteiger partial charge in [0.25, 0.3) is 0 Å². The topological polar surface area (TPSA) is 32.8 Å². The van der Waals surface area contributed by atoms with Gasteiger partial charge in [0, 0.05) is 31.9 Å². The number of aryl methyl sites for hydroxylation is 1. The number of carbonyl (C=O) groups is 1. The minimum absolute atomic E-state index is 0.223. The molecule has 1 fully saturated rings. The summed E-state index contributed by atoms with van der Waals surface area (Å²) in [4.78, 5) is 16.9. The molecule has 0 bridgehead atoms. The molecular weight excluding hydrogens is 312 g/mol. The van der Waals surface area contributed by atoms with Gasteiger partial charge in [-0.05, 0) is 49.2 Å². The van der Waals surface area contributed by atoms with E-state index in [1.165, 1.54) is 11.3 Å². The zero-order valence-electron chi connectivity index (χ0n) is 15.1. The molecule has 1 aliphatic rings. The van der Waals surface area contributed by atoms with E-state index in [0.29, 0.717) is 13.0 Å². The van der Waals surface area contributed by atoms with Crippen molar-refractivity contribution in [2.45, 2.75) is 20.3 Å². The maximum absolute atomic E-state index is 12.6. The van der Waals surface area contributed by atoms with E-state index in [1.54, 1.807) is 0 Å². The summed E-state index contributed by atoms with van der Waals surface area (Å²) in [5.74, 6) is 1.12. The van der Waals surface area contributed by atoms with Crippen molar-refractivity contribution in [3.05, 3.63) is 59.7 Å². The van der Waals surface area contributed by atoms with E-state index in [1.807, 2.05) is 42.2 Å². The second-order valence-electron chi connectivity index (χ2n) is 6.40. The van der Waals surface area contributed by atoms with Crippen molar-refractivity contribution in [3.8, 4) is 5.75 Å². The first-order valence-corrected chi connectivity index (χ1v) is 8.97. The predicted octanol–water partition coefficient (Wildman–Crippen LogP) is 3.29. The van der Waals surface area contributed by atoms with E-state index in [2.05, 4.69) is 30.0 Å². The van der Waals surface area contributed by atoms with Crippen LogP contribution in [0.5, 0.6) is 5.75 Å². The predicted molar refractivity (Wildman–Crippen MR) is 101 cm³/mol. The summed E-state index contributed by atoms with van der Waals surface area (Å²) < 4.78 is 5.49. The van der Waals surface area contributed by atoms with Gasteiger partial charge in [-0.25, -0.2) is 0 Å². The molecule has 1 amide bonds. The Morgan fingerprint density at radius 2 is 1.68 bits per heavy atom. The summed E-state index contributed by atoms with van der Waals surface area (Å²) in [6, 6.07) is 16.3. The van der Waals surface area contributed by atoms with Gasteiger partial charge in [0.05, 0.1) is 13.0 Å². The first kappa shape index (κ1) is 17.3. The number of piperazine rings is 1. The Morgan fingerprint density at radius 1 is 1.00 bits per heavy atom. The summed E-state index contributed by atoms with van der Waals surface area (Å²) in [6.45, 7) is 8.02. The Balaban J connectivity index is 1.54. The molecule has 0 N–H and O–H groups in total. The molecule has 0 saturated carbocycles. The largest absolute Gasteiger partial charge is 0.494 e. The highest BCUT2D eigenvalue weighted by Gasteiger charge is 2.21. The summed E-state index contributed by atoms with van der Waals surface area (Å²) in [5.41, 5.74) is 3.50. The normalized spacial score (nSPS) is 14.5. The molecule has 1 heterocycles. The van der Waals surface area contributed by atoms with Crippen LogP contribution in [0.1, 0.15) is 18.1 Å². The molecule has 2 aromatic carbocycles. The molecule has 4 nitrogen and oxygen atoms in total. The summed E-state index contributed by atoms with van der Waals surface area (Å²) in [6.07, 6.45) is 0.496. The van der Waals surface area contributed by atoms with Crippen LogP contribution in [-0.2, 0) is 11.2 Å². The molecule has 0 aromatic heterocycles. The minimum atomic E-state index is 0.223. The molecule has 1 aliphatic heterocycles. The molecule has 0 atom stereocenters. The van der Waals surface area contributed by atoms with Crippen LogP contribution in [0.15, 0.2) is 48.5 Å². The monoisotopic (exact) mass is 338 g/mol. The van der Waals surface area contributed by atoms with Gasteiger partial charge >= 0.3 is 0 Å². The van der Waals surface area contributed by atoms with Gasteiger partial charge in [-0.3, -0.25) is 4.79 Å². The van der Waals surface area contributed by atoms with Crippen molar-refractivity contribution >= 4 is 11.6 Å². The molecule has 0 unspecified atom stereocenters. The van der Waals surface area contributed by atoms with E-state index < -0.39 is 0 Å². The van der Waals surface area contributed by atoms with Crippen LogP contribution < -0.4 is 9.64 Å². The third-order valence-electron chi connectivity index (χ3n) is 4.75. The third kappa shape index (κ3) is 4.32. The fraction of sp³-hybridized carbons (Fsp3) is 0.381. The molecular formula is C21H26N2O2. The van der Waals surface area contributed by atoms with Crippen molar-refractivity contribution < 1.29 is 9.53 Å². The van der Waals surface area contributed by atoms with Gasteiger partial charge in [-0.15, -0.1) is 0 Å². The van der Waals surface area contributed by atoms with Crippen LogP contribution in [0.25, 0.3) is 0 Å². The number of rotatable bonds is 5. The smallest absolute Gasteiger partial charge is 0.227 e. The minimum Gasteiger partial charge on any atom is -0.494 e. The van der Waals surface area contributed by atoms with Gasteiger partial charge in [-0.2, -0.15) is 0 Å². The fourth-order valence-corrected chi connectivity index (χ4v) is 3.22. The van der Waals surface area contributed by atoms with Crippen molar-refractivity contribution in [2.75, 3.05) is 37.7 Å². The number of amides is 1. The number of carbonyl (C=O) groups excluding carboxylic acids is 1. The van der Waals surface area contributed by atoms with E-state index in [4.69, 9.17) is 4.74 Å². The van der Waals surface area contributed by atoms with Gasteiger partial charge in [-0.1, -0.05) is 24.3 Å². The van der Waals surface area contributed by atoms with Gasteiger partial charge in [0.15, 0.2) is 0 Å². The molecule has 0 spiro atoms. The number of benzene rings is 2. The van der Waals surface area contributed by atoms with Crippen LogP contribution >= 0.6 is 0 Å². The number of ether oxygens (including phenoxy) is 1. The first-order valence-electron chi connectivity index (χ1n) is 8.97. The zero-order chi connectivity index (χ0) is 17.6. The average molecular weight is 338 g/mol. The number of hydrogen-bond donors (Lipinski definition) is 0. The van der Waals surface area contributed by atoms with E-state index in [9.17, 15) is 4.79 Å². The Kier molecular flexibility index (Phi) is 5.59. The van der Waals surface area contributed by atoms with E-state index in [-0.39, 0.29) is 5.91 Å². The molecule has 0 aliphatic carbocycles. The van der Waals surface area contributed by atoms with Gasteiger partial charge in [0.1, 0.15) is 5.75 Å². The lowest BCUT2D eigenvalue weighted by molar-refractivity contribution is -0.130. The van der Waals surface area contributed by atoms with Crippen molar-refractivity contribution in [1.82, 2.24) is 4.90 Å². The van der Waals surface area contributed by atoms with Crippen molar-refractivity contribution in [3.63, 3.8) is 0 Å². The van der Waals surface area contributed by atoms with Crippen LogP contribution in [-0.4, -0.2) is 43.6 Å². The van der Waals surface area contributed by atoms with E-state index in [0.717, 1.165) is 37.5 Å². The number of nitrogens with zero attached hydrogens (tertiary/aromatic N) is 2. The quantitative estimate of drug-likeness (QED) is 0.839. The Bertz CT molecular complexity index is 704. The maximum Gasteiger partial charge on any atom is 0.227 e. The Morgan fingerprint density at radius 3 is 2.32 bits per heavy atom. The molecule has 0 radical (unpaired) electrons. The van der Waals surface area contributed by atoms with Gasteiger partial charge < -0.3 is 14.5 Å². The molecule has 3 rings (SSSR count). The number of hydrogen-bond acceptors (Lipinski definition) is 3. The first-order chi connectivity index (χ1) is 12.2. The molecule has 132 valence electrons. The highest BCUT2D eigenvalue weighted by atomic mass is 16.5. The van der Waals surface area contributed by atoms with Gasteiger partial charge in [0.2, 0.25) is 5.91 Å². The summed E-state index contributed by atoms with van der Waals surface area (Å²) in [5, 5.41) is 0. The lowest BCUT2D eigenvalue weighted by atomic mass is 10.1. The third-order valence-corrected chi connectivity index (χ3v) is 4.75. The lowest BCUT2D eigenvalue weighted by Gasteiger charge is -2.36. The second kappa shape index (κ2) is 8.06. The SMILES string of the molecule is CCOc1ccc(N2CCN(C(=O)Cc3ccccc3C)CC2)cc1. The molecule has 4 heteroatoms. The Hall–Kier alpha value is -2.49. The molecule has 25 heavy (non-hydrogen) atoms. The second-order valence-corrected chi connectivity index (χ2v) is 6.40. The average Bonchev–Trinajstić information content (AvgIpc) is 2.65. The highest BCUT2D eigenvalue weighted by Crippen LogP contribution is 2.21. The van der Waals surface area contributed by atoms with Crippen molar-refractivity contribution in [2.24, 2.45) is 0 Å². The lowest BCUT2D eigenvalue weighted by Crippen LogP contribution is -2.49. The fourth-order valence-electron chi connectivity index (χ4n) is 3.22. The highest BCUT2D eigenvalue weighted by molar-refractivity contribution is 5.79. The molecule has 2 aromatic rings.